The quantitative estimate of drug-likeness (QED) is 0.815. The van der Waals surface area contributed by atoms with Gasteiger partial charge in [-0.05, 0) is 40.9 Å². The van der Waals surface area contributed by atoms with Crippen LogP contribution in [0.1, 0.15) is 42.5 Å². The minimum absolute atomic E-state index is 0.159. The van der Waals surface area contributed by atoms with Gasteiger partial charge in [0.15, 0.2) is 0 Å². The summed E-state index contributed by atoms with van der Waals surface area (Å²) < 4.78 is 13.7. The Kier molecular flexibility index (Phi) is 4.75. The summed E-state index contributed by atoms with van der Waals surface area (Å²) in [6, 6.07) is 4.37. The number of carbonyl (C=O) groups excluding carboxylic acids is 1. The highest BCUT2D eigenvalue weighted by atomic mass is 79.9. The van der Waals surface area contributed by atoms with E-state index in [2.05, 4.69) is 21.2 Å². The highest BCUT2D eigenvalue weighted by molar-refractivity contribution is 9.10. The molecule has 1 fully saturated rings. The Morgan fingerprint density at radius 3 is 2.60 bits per heavy atom. The number of carbonyl (C=O) groups is 1. The molecule has 1 aromatic rings. The van der Waals surface area contributed by atoms with E-state index in [9.17, 15) is 9.18 Å². The van der Waals surface area contributed by atoms with E-state index in [-0.39, 0.29) is 15.9 Å². The summed E-state index contributed by atoms with van der Waals surface area (Å²) in [4.78, 5) is 12.7. The number of benzene rings is 1. The molecule has 0 saturated heterocycles. The number of nitrogens with one attached hydrogen (secondary N) is 1. The van der Waals surface area contributed by atoms with Gasteiger partial charge in [0.1, 0.15) is 5.82 Å². The lowest BCUT2D eigenvalue weighted by atomic mass is 9.81. The van der Waals surface area contributed by atoms with Crippen molar-refractivity contribution < 1.29 is 9.18 Å². The highest BCUT2D eigenvalue weighted by Crippen LogP contribution is 2.30. The Morgan fingerprint density at radius 1 is 1.35 bits per heavy atom. The van der Waals surface area contributed by atoms with Crippen molar-refractivity contribution in [2.45, 2.75) is 37.6 Å². The molecule has 3 nitrogen and oxygen atoms in total. The minimum Gasteiger partial charge on any atom is -0.391 e. The van der Waals surface area contributed by atoms with Gasteiger partial charge in [0.2, 0.25) is 0 Å². The lowest BCUT2D eigenvalue weighted by molar-refractivity contribution is 0.0907. The first-order valence-corrected chi connectivity index (χ1v) is 7.73. The van der Waals surface area contributed by atoms with Crippen molar-refractivity contribution in [3.63, 3.8) is 0 Å². The maximum absolute atomic E-state index is 13.5. The summed E-state index contributed by atoms with van der Waals surface area (Å²) in [5, 5.41) is 2.91. The van der Waals surface area contributed by atoms with Gasteiger partial charge in [-0.3, -0.25) is 4.79 Å². The summed E-state index contributed by atoms with van der Waals surface area (Å²) in [5.74, 6) is -0.822. The van der Waals surface area contributed by atoms with Crippen molar-refractivity contribution >= 4 is 39.0 Å². The second-order valence-corrected chi connectivity index (χ2v) is 6.30. The van der Waals surface area contributed by atoms with E-state index in [1.807, 2.05) is 0 Å². The molecule has 0 unspecified atom stereocenters. The van der Waals surface area contributed by atoms with Gasteiger partial charge in [-0.2, -0.15) is 0 Å². The van der Waals surface area contributed by atoms with Crippen LogP contribution in [0.3, 0.4) is 0 Å². The number of amides is 1. The van der Waals surface area contributed by atoms with Crippen LogP contribution in [0, 0.1) is 5.82 Å². The minimum atomic E-state index is -0.642. The van der Waals surface area contributed by atoms with E-state index in [0.717, 1.165) is 32.1 Å². The SMILES string of the molecule is NC(=S)C1(NC(=O)c2cccc(F)c2Br)CCCCC1. The van der Waals surface area contributed by atoms with E-state index >= 15 is 0 Å². The number of thiocarbonyl (C=S) groups is 1. The second kappa shape index (κ2) is 6.18. The van der Waals surface area contributed by atoms with Crippen LogP contribution < -0.4 is 11.1 Å². The molecule has 2 rings (SSSR count). The molecule has 108 valence electrons. The molecule has 1 aliphatic carbocycles. The zero-order chi connectivity index (χ0) is 14.8. The lowest BCUT2D eigenvalue weighted by Gasteiger charge is -2.37. The van der Waals surface area contributed by atoms with Gasteiger partial charge in [0.25, 0.3) is 5.91 Å². The molecule has 0 aromatic heterocycles. The molecule has 0 bridgehead atoms. The van der Waals surface area contributed by atoms with Gasteiger partial charge in [0.05, 0.1) is 20.6 Å². The molecule has 20 heavy (non-hydrogen) atoms. The molecule has 0 atom stereocenters. The molecular weight excluding hydrogens is 343 g/mol. The molecule has 1 aromatic carbocycles. The molecule has 1 saturated carbocycles. The Hall–Kier alpha value is -1.01. The van der Waals surface area contributed by atoms with Gasteiger partial charge in [0, 0.05) is 0 Å². The zero-order valence-electron chi connectivity index (χ0n) is 10.9. The van der Waals surface area contributed by atoms with Crippen LogP contribution in [0.4, 0.5) is 4.39 Å². The third-order valence-electron chi connectivity index (χ3n) is 3.73. The molecule has 0 spiro atoms. The first-order chi connectivity index (χ1) is 9.46. The Bertz CT molecular complexity index is 544. The van der Waals surface area contributed by atoms with Gasteiger partial charge >= 0.3 is 0 Å². The van der Waals surface area contributed by atoms with Crippen LogP contribution in [-0.2, 0) is 0 Å². The predicted octanol–water partition coefficient (Wildman–Crippen LogP) is 3.31. The topological polar surface area (TPSA) is 55.1 Å². The normalized spacial score (nSPS) is 17.5. The summed E-state index contributed by atoms with van der Waals surface area (Å²) in [6.07, 6.45) is 4.54. The number of hydrogen-bond acceptors (Lipinski definition) is 2. The van der Waals surface area contributed by atoms with Crippen LogP contribution in [0.15, 0.2) is 22.7 Å². The fourth-order valence-corrected chi connectivity index (χ4v) is 3.25. The Balaban J connectivity index is 2.25. The van der Waals surface area contributed by atoms with Crippen molar-refractivity contribution in [2.24, 2.45) is 5.73 Å². The van der Waals surface area contributed by atoms with Crippen LogP contribution in [0.25, 0.3) is 0 Å². The van der Waals surface area contributed by atoms with Gasteiger partial charge in [-0.25, -0.2) is 4.39 Å². The first-order valence-electron chi connectivity index (χ1n) is 6.53. The summed E-state index contributed by atoms with van der Waals surface area (Å²) in [7, 11) is 0. The highest BCUT2D eigenvalue weighted by Gasteiger charge is 2.37. The fourth-order valence-electron chi connectivity index (χ4n) is 2.55. The number of rotatable bonds is 3. The monoisotopic (exact) mass is 358 g/mol. The molecule has 0 aliphatic heterocycles. The third kappa shape index (κ3) is 3.01. The first kappa shape index (κ1) is 15.4. The van der Waals surface area contributed by atoms with Crippen LogP contribution >= 0.6 is 28.1 Å². The van der Waals surface area contributed by atoms with E-state index < -0.39 is 11.4 Å². The maximum atomic E-state index is 13.5. The van der Waals surface area contributed by atoms with Crippen molar-refractivity contribution in [1.82, 2.24) is 5.32 Å². The van der Waals surface area contributed by atoms with Crippen molar-refractivity contribution in [3.05, 3.63) is 34.1 Å². The Morgan fingerprint density at radius 2 is 2.00 bits per heavy atom. The summed E-state index contributed by atoms with van der Waals surface area (Å²) in [6.45, 7) is 0. The second-order valence-electron chi connectivity index (χ2n) is 5.06. The molecular formula is C14H16BrFN2OS. The van der Waals surface area contributed by atoms with Crippen molar-refractivity contribution in [3.8, 4) is 0 Å². The molecule has 3 N–H and O–H groups in total. The van der Waals surface area contributed by atoms with Crippen LogP contribution in [0.5, 0.6) is 0 Å². The molecule has 0 heterocycles. The van der Waals surface area contributed by atoms with Gasteiger partial charge in [-0.15, -0.1) is 0 Å². The number of nitrogens with two attached hydrogens (primary N) is 1. The zero-order valence-corrected chi connectivity index (χ0v) is 13.3. The van der Waals surface area contributed by atoms with E-state index in [0.29, 0.717) is 4.99 Å². The maximum Gasteiger partial charge on any atom is 0.253 e. The lowest BCUT2D eigenvalue weighted by Crippen LogP contribution is -2.57. The van der Waals surface area contributed by atoms with Crippen LogP contribution in [-0.4, -0.2) is 16.4 Å². The average Bonchev–Trinajstić information content (AvgIpc) is 2.42. The molecule has 1 aliphatic rings. The Labute approximate surface area is 131 Å². The van der Waals surface area contributed by atoms with E-state index in [1.54, 1.807) is 6.07 Å². The standard InChI is InChI=1S/C14H16BrFN2OS/c15-11-9(5-4-6-10(11)16)12(19)18-14(13(17)20)7-2-1-3-8-14/h4-6H,1-3,7-8H2,(H2,17,20)(H,18,19). The van der Waals surface area contributed by atoms with E-state index in [1.165, 1.54) is 12.1 Å². The summed E-state index contributed by atoms with van der Waals surface area (Å²) >= 11 is 8.23. The molecule has 0 radical (unpaired) electrons. The van der Waals surface area contributed by atoms with E-state index in [4.69, 9.17) is 18.0 Å². The predicted molar refractivity (Wildman–Crippen MR) is 84.2 cm³/mol. The van der Waals surface area contributed by atoms with Crippen molar-refractivity contribution in [1.29, 1.82) is 0 Å². The fraction of sp³-hybridized carbons (Fsp3) is 0.429. The average molecular weight is 359 g/mol. The summed E-state index contributed by atoms with van der Waals surface area (Å²) in [5.41, 5.74) is 5.44. The van der Waals surface area contributed by atoms with Crippen molar-refractivity contribution in [2.75, 3.05) is 0 Å². The number of hydrogen-bond donors (Lipinski definition) is 2. The van der Waals surface area contributed by atoms with Gasteiger partial charge < -0.3 is 11.1 Å². The molecule has 6 heteroatoms. The molecule has 1 amide bonds. The smallest absolute Gasteiger partial charge is 0.253 e. The van der Waals surface area contributed by atoms with Crippen LogP contribution in [0.2, 0.25) is 0 Å². The largest absolute Gasteiger partial charge is 0.391 e. The number of halogens is 2. The third-order valence-corrected chi connectivity index (χ3v) is 4.92. The van der Waals surface area contributed by atoms with Gasteiger partial charge in [-0.1, -0.05) is 37.5 Å².